The zero-order valence-corrected chi connectivity index (χ0v) is 24.0. The first-order valence-electron chi connectivity index (χ1n) is 14.4. The number of rotatable bonds is 2. The number of piperidine rings is 1. The number of alkyl halides is 3. The van der Waals surface area contributed by atoms with E-state index < -0.39 is 40.5 Å². The summed E-state index contributed by atoms with van der Waals surface area (Å²) in [6.07, 6.45) is 3.18. The second kappa shape index (κ2) is 9.62. The van der Waals surface area contributed by atoms with Gasteiger partial charge in [0.05, 0.1) is 5.56 Å². The number of ketones is 1. The summed E-state index contributed by atoms with van der Waals surface area (Å²) >= 11 is 0. The number of urea groups is 1. The van der Waals surface area contributed by atoms with E-state index in [-0.39, 0.29) is 11.5 Å². The van der Waals surface area contributed by atoms with Gasteiger partial charge in [-0.05, 0) is 94.2 Å². The van der Waals surface area contributed by atoms with Gasteiger partial charge in [-0.25, -0.2) is 4.79 Å². The molecule has 218 valence electrons. The number of allylic oxidation sites excluding steroid dienone is 2. The van der Waals surface area contributed by atoms with E-state index in [1.165, 1.54) is 31.4 Å². The highest BCUT2D eigenvalue weighted by atomic mass is 19.4. The summed E-state index contributed by atoms with van der Waals surface area (Å²) in [5, 5.41) is 6.02. The number of carbonyl (C=O) groups is 3. The minimum atomic E-state index is -4.57. The molecule has 0 radical (unpaired) electrons. The highest BCUT2D eigenvalue weighted by Gasteiger charge is 2.58. The van der Waals surface area contributed by atoms with Gasteiger partial charge in [0.2, 0.25) is 5.91 Å². The summed E-state index contributed by atoms with van der Waals surface area (Å²) in [6.45, 7) is 10.4. The molecule has 6 atom stereocenters. The number of halogens is 3. The molecule has 2 saturated carbocycles. The number of imide groups is 1. The Morgan fingerprint density at radius 3 is 2.48 bits per heavy atom. The van der Waals surface area contributed by atoms with Crippen molar-refractivity contribution in [3.8, 4) is 0 Å². The Morgan fingerprint density at radius 2 is 1.80 bits per heavy atom. The maximum atomic E-state index is 14.0. The lowest BCUT2D eigenvalue weighted by atomic mass is 9.50. The maximum absolute atomic E-state index is 14.0. The fraction of sp³-hybridized carbons (Fsp3) is 0.645. The molecule has 5 rings (SSSR count). The molecule has 2 N–H and O–H groups in total. The number of hydrogen-bond acceptors (Lipinski definition) is 4. The van der Waals surface area contributed by atoms with Crippen LogP contribution in [0.1, 0.15) is 78.7 Å². The van der Waals surface area contributed by atoms with Crippen molar-refractivity contribution in [2.45, 2.75) is 84.9 Å². The molecule has 1 aliphatic heterocycles. The molecule has 40 heavy (non-hydrogen) atoms. The molecule has 9 heteroatoms. The van der Waals surface area contributed by atoms with Gasteiger partial charge in [-0.2, -0.15) is 13.2 Å². The first-order chi connectivity index (χ1) is 18.5. The molecule has 1 heterocycles. The van der Waals surface area contributed by atoms with Gasteiger partial charge in [-0.15, -0.1) is 0 Å². The average Bonchev–Trinajstić information content (AvgIpc) is 3.24. The fourth-order valence-electron chi connectivity index (χ4n) is 8.28. The number of fused-ring (bicyclic) bond motifs is 5. The number of benzene rings is 1. The topological polar surface area (TPSA) is 78.5 Å². The van der Waals surface area contributed by atoms with Gasteiger partial charge in [-0.3, -0.25) is 14.5 Å². The number of hydrogen-bond donors (Lipinski definition) is 2. The molecule has 1 saturated heterocycles. The number of nitrogens with one attached hydrogen (secondary N) is 2. The Bertz CT molecular complexity index is 1250. The van der Waals surface area contributed by atoms with Crippen LogP contribution in [0.5, 0.6) is 0 Å². The van der Waals surface area contributed by atoms with Crippen molar-refractivity contribution in [3.63, 3.8) is 0 Å². The molecule has 6 nitrogen and oxygen atoms in total. The van der Waals surface area contributed by atoms with Crippen LogP contribution in [0, 0.1) is 34.5 Å². The Labute approximate surface area is 234 Å². The molecule has 1 aromatic rings. The standard InChI is InChI=1S/C31H40F3N3O3/c1-28(2,3)37(27(40)36-19-9-6-8-18(14-19)31(32,33)34)26(39)20-16-30(5)23-11-13-29(4)12-7-10-22(29)21(23)17-35-25(30)15-24(20)38/h6,8-9,14-15,20-23,35H,7,10-13,16-17H2,1-5H3,(H,36,40)/t20?,21-,22-,23-,29-,30+/m0/s1. The summed E-state index contributed by atoms with van der Waals surface area (Å²) in [5.74, 6) is -0.587. The SMILES string of the molecule is CC(C)(C)N(C(=O)Nc1cccc(C(F)(F)F)c1)C(=O)C1C[C@@]2(C)C(=CC1=O)NC[C@H]1[C@@H]3CCC[C@@]3(C)CC[C@@H]12. The summed E-state index contributed by atoms with van der Waals surface area (Å²) in [5.41, 5.74) is -1.16. The van der Waals surface area contributed by atoms with Crippen molar-refractivity contribution in [2.24, 2.45) is 34.5 Å². The van der Waals surface area contributed by atoms with E-state index in [1.807, 2.05) is 0 Å². The van der Waals surface area contributed by atoms with E-state index >= 15 is 0 Å². The summed E-state index contributed by atoms with van der Waals surface area (Å²) < 4.78 is 39.7. The third kappa shape index (κ3) is 4.83. The molecule has 3 aliphatic carbocycles. The minimum Gasteiger partial charge on any atom is -0.387 e. The molecule has 3 amide bonds. The van der Waals surface area contributed by atoms with Crippen LogP contribution in [0.15, 0.2) is 36.0 Å². The second-order valence-corrected chi connectivity index (χ2v) is 13.8. The zero-order chi connectivity index (χ0) is 29.3. The van der Waals surface area contributed by atoms with Crippen molar-refractivity contribution < 1.29 is 27.6 Å². The molecule has 1 unspecified atom stereocenters. The lowest BCUT2D eigenvalue weighted by molar-refractivity contribution is -0.144. The van der Waals surface area contributed by atoms with E-state index in [9.17, 15) is 27.6 Å². The first kappa shape index (κ1) is 28.7. The van der Waals surface area contributed by atoms with Gasteiger partial charge in [0, 0.05) is 35.0 Å². The van der Waals surface area contributed by atoms with E-state index in [0.29, 0.717) is 29.6 Å². The van der Waals surface area contributed by atoms with Crippen LogP contribution in [-0.4, -0.2) is 34.7 Å². The first-order valence-corrected chi connectivity index (χ1v) is 14.4. The number of nitrogens with zero attached hydrogens (tertiary/aromatic N) is 1. The Balaban J connectivity index is 1.41. The van der Waals surface area contributed by atoms with E-state index in [4.69, 9.17) is 0 Å². The van der Waals surface area contributed by atoms with E-state index in [1.54, 1.807) is 26.8 Å². The molecule has 0 aromatic heterocycles. The van der Waals surface area contributed by atoms with Gasteiger partial charge in [0.1, 0.15) is 5.92 Å². The normalized spacial score (nSPS) is 33.6. The van der Waals surface area contributed by atoms with Crippen molar-refractivity contribution >= 4 is 23.4 Å². The van der Waals surface area contributed by atoms with E-state index in [2.05, 4.69) is 24.5 Å². The minimum absolute atomic E-state index is 0.0767. The molecule has 0 spiro atoms. The monoisotopic (exact) mass is 559 g/mol. The predicted octanol–water partition coefficient (Wildman–Crippen LogP) is 6.78. The van der Waals surface area contributed by atoms with E-state index in [0.717, 1.165) is 42.1 Å². The predicted molar refractivity (Wildman–Crippen MR) is 146 cm³/mol. The van der Waals surface area contributed by atoms with Gasteiger partial charge >= 0.3 is 12.2 Å². The Hall–Kier alpha value is -2.84. The summed E-state index contributed by atoms with van der Waals surface area (Å²) in [7, 11) is 0. The van der Waals surface area contributed by atoms with Crippen LogP contribution in [0.25, 0.3) is 0 Å². The highest BCUT2D eigenvalue weighted by Crippen LogP contribution is 2.62. The van der Waals surface area contributed by atoms with Crippen molar-refractivity contribution in [2.75, 3.05) is 11.9 Å². The van der Waals surface area contributed by atoms with Gasteiger partial charge in [-0.1, -0.05) is 26.3 Å². The smallest absolute Gasteiger partial charge is 0.387 e. The summed E-state index contributed by atoms with van der Waals surface area (Å²) in [6, 6.07) is 3.43. The van der Waals surface area contributed by atoms with Gasteiger partial charge in [0.25, 0.3) is 0 Å². The fourth-order valence-corrected chi connectivity index (χ4v) is 8.28. The number of amides is 3. The van der Waals surface area contributed by atoms with Crippen molar-refractivity contribution in [1.29, 1.82) is 0 Å². The largest absolute Gasteiger partial charge is 0.416 e. The lowest BCUT2D eigenvalue weighted by Gasteiger charge is -2.58. The molecular weight excluding hydrogens is 519 g/mol. The quantitative estimate of drug-likeness (QED) is 0.392. The van der Waals surface area contributed by atoms with Crippen LogP contribution >= 0.6 is 0 Å². The van der Waals surface area contributed by atoms with Crippen LogP contribution in [0.4, 0.5) is 23.7 Å². The highest BCUT2D eigenvalue weighted by molar-refractivity contribution is 6.13. The third-order valence-electron chi connectivity index (χ3n) is 10.3. The third-order valence-corrected chi connectivity index (χ3v) is 10.3. The Morgan fingerprint density at radius 1 is 1.07 bits per heavy atom. The lowest BCUT2D eigenvalue weighted by Crippen LogP contribution is -2.59. The second-order valence-electron chi connectivity index (χ2n) is 13.8. The number of anilines is 1. The van der Waals surface area contributed by atoms with Crippen LogP contribution in [0.3, 0.4) is 0 Å². The van der Waals surface area contributed by atoms with Crippen molar-refractivity contribution in [1.82, 2.24) is 10.2 Å². The van der Waals surface area contributed by atoms with Crippen molar-refractivity contribution in [3.05, 3.63) is 41.6 Å². The molecule has 1 aromatic carbocycles. The van der Waals surface area contributed by atoms with Gasteiger partial charge < -0.3 is 10.6 Å². The molecule has 3 fully saturated rings. The maximum Gasteiger partial charge on any atom is 0.416 e. The van der Waals surface area contributed by atoms with Crippen LogP contribution in [0.2, 0.25) is 0 Å². The molecular formula is C31H40F3N3O3. The number of carbonyl (C=O) groups excluding carboxylic acids is 3. The average molecular weight is 560 g/mol. The Kier molecular flexibility index (Phi) is 6.90. The molecule has 0 bridgehead atoms. The molecule has 4 aliphatic rings. The van der Waals surface area contributed by atoms with Crippen LogP contribution in [-0.2, 0) is 15.8 Å². The zero-order valence-electron chi connectivity index (χ0n) is 24.0. The van der Waals surface area contributed by atoms with Crippen LogP contribution < -0.4 is 10.6 Å². The van der Waals surface area contributed by atoms with Gasteiger partial charge in [0.15, 0.2) is 5.78 Å². The summed E-state index contributed by atoms with van der Waals surface area (Å²) in [4.78, 5) is 41.8.